The Bertz CT molecular complexity index is 1080. The average molecular weight is 464 g/mol. The summed E-state index contributed by atoms with van der Waals surface area (Å²) in [6, 6.07) is 11.6. The molecule has 2 amide bonds. The van der Waals surface area contributed by atoms with Gasteiger partial charge in [0.2, 0.25) is 15.9 Å². The summed E-state index contributed by atoms with van der Waals surface area (Å²) < 4.78 is 27.1. The molecule has 9 heteroatoms. The molecule has 3 rings (SSSR count). The van der Waals surface area contributed by atoms with Gasteiger partial charge in [0.1, 0.15) is 0 Å². The number of carbonyl (C=O) groups excluding carboxylic acids is 2. The van der Waals surface area contributed by atoms with Gasteiger partial charge in [0.15, 0.2) is 0 Å². The van der Waals surface area contributed by atoms with Crippen LogP contribution >= 0.6 is 11.6 Å². The molecule has 0 aliphatic carbocycles. The van der Waals surface area contributed by atoms with Gasteiger partial charge in [-0.25, -0.2) is 8.42 Å². The lowest BCUT2D eigenvalue weighted by atomic mass is 10.1. The van der Waals surface area contributed by atoms with Crippen LogP contribution in [-0.4, -0.2) is 56.1 Å². The van der Waals surface area contributed by atoms with Gasteiger partial charge in [0, 0.05) is 25.8 Å². The number of amides is 2. The number of anilines is 1. The highest BCUT2D eigenvalue weighted by molar-refractivity contribution is 7.89. The van der Waals surface area contributed by atoms with Crippen molar-refractivity contribution in [1.29, 1.82) is 0 Å². The SMILES string of the molecule is CCc1ccccc1NC(=O)CN(C)C(=O)c1cc(S(=O)(=O)N2CCCC2)ccc1Cl. The van der Waals surface area contributed by atoms with Crippen molar-refractivity contribution < 1.29 is 18.0 Å². The van der Waals surface area contributed by atoms with Gasteiger partial charge in [-0.2, -0.15) is 4.31 Å². The highest BCUT2D eigenvalue weighted by Gasteiger charge is 2.29. The number of halogens is 1. The minimum atomic E-state index is -3.68. The molecule has 31 heavy (non-hydrogen) atoms. The normalized spacial score (nSPS) is 14.4. The molecule has 166 valence electrons. The number of para-hydroxylation sites is 1. The predicted molar refractivity (Wildman–Crippen MR) is 121 cm³/mol. The molecule has 0 atom stereocenters. The molecule has 0 aromatic heterocycles. The number of aryl methyl sites for hydroxylation is 1. The Kier molecular flexibility index (Phi) is 7.35. The maximum Gasteiger partial charge on any atom is 0.255 e. The Morgan fingerprint density at radius 1 is 1.13 bits per heavy atom. The monoisotopic (exact) mass is 463 g/mol. The molecule has 0 spiro atoms. The van der Waals surface area contributed by atoms with Crippen LogP contribution in [0.2, 0.25) is 5.02 Å². The third-order valence-electron chi connectivity index (χ3n) is 5.27. The van der Waals surface area contributed by atoms with E-state index in [1.807, 2.05) is 31.2 Å². The van der Waals surface area contributed by atoms with Crippen molar-refractivity contribution in [3.05, 3.63) is 58.6 Å². The minimum Gasteiger partial charge on any atom is -0.332 e. The largest absolute Gasteiger partial charge is 0.332 e. The number of nitrogens with one attached hydrogen (secondary N) is 1. The quantitative estimate of drug-likeness (QED) is 0.681. The Morgan fingerprint density at radius 3 is 2.48 bits per heavy atom. The lowest BCUT2D eigenvalue weighted by Crippen LogP contribution is -2.35. The van der Waals surface area contributed by atoms with Gasteiger partial charge >= 0.3 is 0 Å². The lowest BCUT2D eigenvalue weighted by Gasteiger charge is -2.20. The summed E-state index contributed by atoms with van der Waals surface area (Å²) in [5.41, 5.74) is 1.74. The second kappa shape index (κ2) is 9.80. The van der Waals surface area contributed by atoms with E-state index in [0.29, 0.717) is 18.8 Å². The highest BCUT2D eigenvalue weighted by atomic mass is 35.5. The molecule has 1 aliphatic heterocycles. The average Bonchev–Trinajstić information content (AvgIpc) is 3.29. The van der Waals surface area contributed by atoms with Gasteiger partial charge < -0.3 is 10.2 Å². The summed E-state index contributed by atoms with van der Waals surface area (Å²) in [7, 11) is -2.21. The minimum absolute atomic E-state index is 0.0249. The van der Waals surface area contributed by atoms with E-state index in [1.165, 1.54) is 34.5 Å². The molecule has 1 aliphatic rings. The molecule has 1 saturated heterocycles. The molecule has 0 bridgehead atoms. The molecular weight excluding hydrogens is 438 g/mol. The van der Waals surface area contributed by atoms with Crippen LogP contribution in [0, 0.1) is 0 Å². The number of sulfonamides is 1. The summed E-state index contributed by atoms with van der Waals surface area (Å²) in [5, 5.41) is 2.95. The predicted octanol–water partition coefficient (Wildman–Crippen LogP) is 3.40. The first-order chi connectivity index (χ1) is 14.7. The van der Waals surface area contributed by atoms with Crippen LogP contribution in [0.1, 0.15) is 35.7 Å². The summed E-state index contributed by atoms with van der Waals surface area (Å²) in [6.45, 7) is 2.73. The molecule has 1 fully saturated rings. The fourth-order valence-corrected chi connectivity index (χ4v) is 5.28. The molecule has 2 aromatic rings. The number of rotatable bonds is 7. The van der Waals surface area contributed by atoms with Crippen LogP contribution in [0.25, 0.3) is 0 Å². The van der Waals surface area contributed by atoms with Crippen molar-refractivity contribution in [3.8, 4) is 0 Å². The molecule has 1 N–H and O–H groups in total. The highest BCUT2D eigenvalue weighted by Crippen LogP contribution is 2.26. The standard InChI is InChI=1S/C22H26ClN3O4S/c1-3-16-8-4-5-9-20(16)24-21(27)15-25(2)22(28)18-14-17(10-11-19(18)23)31(29,30)26-12-6-7-13-26/h4-5,8-11,14H,3,6-7,12-13,15H2,1-2H3,(H,24,27). The van der Waals surface area contributed by atoms with E-state index in [0.717, 1.165) is 24.8 Å². The number of likely N-dealkylation sites (N-methyl/N-ethyl adjacent to an activating group) is 1. The van der Waals surface area contributed by atoms with E-state index in [4.69, 9.17) is 11.6 Å². The van der Waals surface area contributed by atoms with Gasteiger partial charge in [-0.05, 0) is 49.1 Å². The van der Waals surface area contributed by atoms with Crippen molar-refractivity contribution in [1.82, 2.24) is 9.21 Å². The van der Waals surface area contributed by atoms with Crippen molar-refractivity contribution in [2.24, 2.45) is 0 Å². The molecule has 7 nitrogen and oxygen atoms in total. The van der Waals surface area contributed by atoms with Crippen LogP contribution in [0.5, 0.6) is 0 Å². The van der Waals surface area contributed by atoms with E-state index in [2.05, 4.69) is 5.32 Å². The Hall–Kier alpha value is -2.42. The maximum absolute atomic E-state index is 12.9. The number of carbonyl (C=O) groups is 2. The second-order valence-electron chi connectivity index (χ2n) is 7.47. The fourth-order valence-electron chi connectivity index (χ4n) is 3.54. The Balaban J connectivity index is 1.75. The molecule has 0 unspecified atom stereocenters. The first kappa shape index (κ1) is 23.2. The third-order valence-corrected chi connectivity index (χ3v) is 7.50. The summed E-state index contributed by atoms with van der Waals surface area (Å²) in [4.78, 5) is 26.6. The second-order valence-corrected chi connectivity index (χ2v) is 9.82. The van der Waals surface area contributed by atoms with E-state index >= 15 is 0 Å². The zero-order chi connectivity index (χ0) is 22.6. The fraction of sp³-hybridized carbons (Fsp3) is 0.364. The van der Waals surface area contributed by atoms with Gasteiger partial charge in [-0.15, -0.1) is 0 Å². The molecule has 2 aromatic carbocycles. The van der Waals surface area contributed by atoms with E-state index in [-0.39, 0.29) is 27.9 Å². The zero-order valence-electron chi connectivity index (χ0n) is 17.6. The summed E-state index contributed by atoms with van der Waals surface area (Å²) in [5.74, 6) is -0.879. The number of nitrogens with zero attached hydrogens (tertiary/aromatic N) is 2. The number of hydrogen-bond acceptors (Lipinski definition) is 4. The Labute approximate surface area is 188 Å². The molecular formula is C22H26ClN3O4S. The van der Waals surface area contributed by atoms with Crippen molar-refractivity contribution in [2.45, 2.75) is 31.1 Å². The Morgan fingerprint density at radius 2 is 1.81 bits per heavy atom. The first-order valence-electron chi connectivity index (χ1n) is 10.2. The van der Waals surface area contributed by atoms with Crippen molar-refractivity contribution in [3.63, 3.8) is 0 Å². The first-order valence-corrected chi connectivity index (χ1v) is 12.0. The lowest BCUT2D eigenvalue weighted by molar-refractivity contribution is -0.116. The molecule has 1 heterocycles. The molecule has 0 saturated carbocycles. The van der Waals surface area contributed by atoms with Gasteiger partial charge in [-0.3, -0.25) is 9.59 Å². The van der Waals surface area contributed by atoms with Crippen LogP contribution in [0.3, 0.4) is 0 Å². The van der Waals surface area contributed by atoms with Gasteiger partial charge in [0.05, 0.1) is 22.0 Å². The van der Waals surface area contributed by atoms with Gasteiger partial charge in [0.25, 0.3) is 5.91 Å². The van der Waals surface area contributed by atoms with Gasteiger partial charge in [-0.1, -0.05) is 36.7 Å². The smallest absolute Gasteiger partial charge is 0.255 e. The topological polar surface area (TPSA) is 86.8 Å². The number of hydrogen-bond donors (Lipinski definition) is 1. The van der Waals surface area contributed by atoms with E-state index in [1.54, 1.807) is 0 Å². The van der Waals surface area contributed by atoms with E-state index in [9.17, 15) is 18.0 Å². The van der Waals surface area contributed by atoms with Crippen LogP contribution in [0.4, 0.5) is 5.69 Å². The van der Waals surface area contributed by atoms with Crippen LogP contribution < -0.4 is 5.32 Å². The van der Waals surface area contributed by atoms with Crippen molar-refractivity contribution in [2.75, 3.05) is 32.0 Å². The molecule has 0 radical (unpaired) electrons. The van der Waals surface area contributed by atoms with Crippen molar-refractivity contribution >= 4 is 39.1 Å². The van der Waals surface area contributed by atoms with Crippen LogP contribution in [0.15, 0.2) is 47.4 Å². The maximum atomic E-state index is 12.9. The number of benzene rings is 2. The van der Waals surface area contributed by atoms with Crippen LogP contribution in [-0.2, 0) is 21.2 Å². The zero-order valence-corrected chi connectivity index (χ0v) is 19.2. The summed E-state index contributed by atoms with van der Waals surface area (Å²) in [6.07, 6.45) is 2.40. The van der Waals surface area contributed by atoms with E-state index < -0.39 is 15.9 Å². The summed E-state index contributed by atoms with van der Waals surface area (Å²) >= 11 is 6.19. The third kappa shape index (κ3) is 5.26.